The standard InChI is InChI=1S/C9H19NOS/c1-7(2)4-5-11-6-8(3)9(10)12/h7-8H,4-6H2,1-3H3,(H2,10,12). The maximum Gasteiger partial charge on any atom is 0.0779 e. The van der Waals surface area contributed by atoms with Gasteiger partial charge in [-0.2, -0.15) is 0 Å². The molecule has 0 aromatic rings. The fourth-order valence-corrected chi connectivity index (χ4v) is 0.729. The molecule has 2 nitrogen and oxygen atoms in total. The maximum absolute atomic E-state index is 5.43. The van der Waals surface area contributed by atoms with Crippen molar-refractivity contribution in [1.29, 1.82) is 0 Å². The van der Waals surface area contributed by atoms with Gasteiger partial charge in [0, 0.05) is 12.5 Å². The van der Waals surface area contributed by atoms with Gasteiger partial charge in [0.25, 0.3) is 0 Å². The zero-order valence-corrected chi connectivity index (χ0v) is 8.99. The van der Waals surface area contributed by atoms with Crippen molar-refractivity contribution in [3.63, 3.8) is 0 Å². The van der Waals surface area contributed by atoms with E-state index < -0.39 is 0 Å². The van der Waals surface area contributed by atoms with Crippen molar-refractivity contribution in [2.45, 2.75) is 27.2 Å². The zero-order valence-electron chi connectivity index (χ0n) is 8.17. The first-order chi connectivity index (χ1) is 5.54. The molecule has 0 fully saturated rings. The summed E-state index contributed by atoms with van der Waals surface area (Å²) < 4.78 is 5.40. The summed E-state index contributed by atoms with van der Waals surface area (Å²) in [6.45, 7) is 7.81. The lowest BCUT2D eigenvalue weighted by Gasteiger charge is -2.10. The molecule has 0 heterocycles. The van der Waals surface area contributed by atoms with E-state index in [2.05, 4.69) is 13.8 Å². The Labute approximate surface area is 80.5 Å². The van der Waals surface area contributed by atoms with Crippen LogP contribution in [0.3, 0.4) is 0 Å². The molecule has 12 heavy (non-hydrogen) atoms. The molecule has 0 aliphatic carbocycles. The third-order valence-electron chi connectivity index (χ3n) is 1.69. The molecule has 0 rings (SSSR count). The second-order valence-electron chi connectivity index (χ2n) is 3.56. The highest BCUT2D eigenvalue weighted by Crippen LogP contribution is 2.01. The Kier molecular flexibility index (Phi) is 6.30. The second-order valence-corrected chi connectivity index (χ2v) is 4.03. The van der Waals surface area contributed by atoms with Crippen LogP contribution in [-0.2, 0) is 4.74 Å². The van der Waals surface area contributed by atoms with Crippen LogP contribution in [0.1, 0.15) is 27.2 Å². The van der Waals surface area contributed by atoms with Crippen molar-refractivity contribution >= 4 is 17.2 Å². The number of rotatable bonds is 6. The van der Waals surface area contributed by atoms with Crippen LogP contribution >= 0.6 is 12.2 Å². The minimum Gasteiger partial charge on any atom is -0.393 e. The van der Waals surface area contributed by atoms with Crippen molar-refractivity contribution in [2.24, 2.45) is 17.6 Å². The van der Waals surface area contributed by atoms with Crippen molar-refractivity contribution in [2.75, 3.05) is 13.2 Å². The number of hydrogen-bond acceptors (Lipinski definition) is 2. The van der Waals surface area contributed by atoms with Crippen LogP contribution in [0.15, 0.2) is 0 Å². The molecule has 0 spiro atoms. The Morgan fingerprint density at radius 2 is 2.00 bits per heavy atom. The Morgan fingerprint density at radius 3 is 2.42 bits per heavy atom. The summed E-state index contributed by atoms with van der Waals surface area (Å²) in [5.74, 6) is 0.900. The van der Waals surface area contributed by atoms with Crippen molar-refractivity contribution in [3.05, 3.63) is 0 Å². The number of ether oxygens (including phenoxy) is 1. The summed E-state index contributed by atoms with van der Waals surface area (Å²) >= 11 is 4.82. The second kappa shape index (κ2) is 6.38. The topological polar surface area (TPSA) is 35.2 Å². The first-order valence-corrected chi connectivity index (χ1v) is 4.82. The van der Waals surface area contributed by atoms with E-state index in [1.807, 2.05) is 6.92 Å². The van der Waals surface area contributed by atoms with Crippen LogP contribution < -0.4 is 5.73 Å². The van der Waals surface area contributed by atoms with Crippen LogP contribution in [0.4, 0.5) is 0 Å². The molecule has 0 bridgehead atoms. The molecule has 3 heteroatoms. The summed E-state index contributed by atoms with van der Waals surface area (Å²) in [7, 11) is 0. The fourth-order valence-electron chi connectivity index (χ4n) is 0.661. The highest BCUT2D eigenvalue weighted by Gasteiger charge is 2.04. The highest BCUT2D eigenvalue weighted by molar-refractivity contribution is 7.80. The van der Waals surface area contributed by atoms with E-state index in [4.69, 9.17) is 22.7 Å². The molecular formula is C9H19NOS. The van der Waals surface area contributed by atoms with Crippen molar-refractivity contribution < 1.29 is 4.74 Å². The molecule has 1 unspecified atom stereocenters. The van der Waals surface area contributed by atoms with Gasteiger partial charge in [-0.3, -0.25) is 0 Å². The smallest absolute Gasteiger partial charge is 0.0779 e. The molecule has 0 amide bonds. The van der Waals surface area contributed by atoms with E-state index in [1.54, 1.807) is 0 Å². The van der Waals surface area contributed by atoms with Gasteiger partial charge in [0.1, 0.15) is 0 Å². The third kappa shape index (κ3) is 6.55. The van der Waals surface area contributed by atoms with E-state index in [0.29, 0.717) is 17.5 Å². The molecule has 0 aliphatic heterocycles. The summed E-state index contributed by atoms with van der Waals surface area (Å²) in [5, 5.41) is 0. The van der Waals surface area contributed by atoms with Gasteiger partial charge in [0.15, 0.2) is 0 Å². The van der Waals surface area contributed by atoms with Crippen molar-refractivity contribution in [3.8, 4) is 0 Å². The van der Waals surface area contributed by atoms with Gasteiger partial charge in [-0.05, 0) is 12.3 Å². The molecule has 0 aromatic carbocycles. The molecule has 72 valence electrons. The van der Waals surface area contributed by atoms with Gasteiger partial charge in [0.2, 0.25) is 0 Å². The summed E-state index contributed by atoms with van der Waals surface area (Å²) in [6.07, 6.45) is 1.10. The molecular weight excluding hydrogens is 170 g/mol. The molecule has 0 aromatic heterocycles. The average molecular weight is 189 g/mol. The average Bonchev–Trinajstić information content (AvgIpc) is 1.97. The molecule has 0 saturated heterocycles. The van der Waals surface area contributed by atoms with Gasteiger partial charge >= 0.3 is 0 Å². The van der Waals surface area contributed by atoms with Crippen molar-refractivity contribution in [1.82, 2.24) is 0 Å². The Hall–Kier alpha value is -0.150. The first-order valence-electron chi connectivity index (χ1n) is 4.41. The van der Waals surface area contributed by atoms with Gasteiger partial charge in [-0.25, -0.2) is 0 Å². The Bertz CT molecular complexity index is 136. The Morgan fingerprint density at radius 1 is 1.42 bits per heavy atom. The zero-order chi connectivity index (χ0) is 9.56. The largest absolute Gasteiger partial charge is 0.393 e. The molecule has 0 radical (unpaired) electrons. The fraction of sp³-hybridized carbons (Fsp3) is 0.889. The van der Waals surface area contributed by atoms with Gasteiger partial charge in [-0.1, -0.05) is 33.0 Å². The molecule has 0 saturated carbocycles. The predicted octanol–water partition coefficient (Wildman–Crippen LogP) is 1.97. The van der Waals surface area contributed by atoms with E-state index in [9.17, 15) is 0 Å². The van der Waals surface area contributed by atoms with Crippen LogP contribution in [-0.4, -0.2) is 18.2 Å². The molecule has 2 N–H and O–H groups in total. The highest BCUT2D eigenvalue weighted by atomic mass is 32.1. The number of thiocarbonyl (C=S) groups is 1. The lowest BCUT2D eigenvalue weighted by Crippen LogP contribution is -2.23. The summed E-state index contributed by atoms with van der Waals surface area (Å²) in [6, 6.07) is 0. The van der Waals surface area contributed by atoms with Gasteiger partial charge < -0.3 is 10.5 Å². The Balaban J connectivity index is 3.25. The minimum atomic E-state index is 0.201. The van der Waals surface area contributed by atoms with Gasteiger partial charge in [-0.15, -0.1) is 0 Å². The van der Waals surface area contributed by atoms with E-state index in [1.165, 1.54) is 0 Å². The van der Waals surface area contributed by atoms with Gasteiger partial charge in [0.05, 0.1) is 11.6 Å². The van der Waals surface area contributed by atoms with E-state index in [0.717, 1.165) is 13.0 Å². The SMILES string of the molecule is CC(C)CCOCC(C)C(N)=S. The summed E-state index contributed by atoms with van der Waals surface area (Å²) in [5.41, 5.74) is 5.43. The number of nitrogens with two attached hydrogens (primary N) is 1. The normalized spacial score (nSPS) is 13.3. The summed E-state index contributed by atoms with van der Waals surface area (Å²) in [4.78, 5) is 0.541. The van der Waals surface area contributed by atoms with E-state index >= 15 is 0 Å². The van der Waals surface area contributed by atoms with Crippen LogP contribution in [0.2, 0.25) is 0 Å². The molecule has 0 aliphatic rings. The minimum absolute atomic E-state index is 0.201. The third-order valence-corrected chi connectivity index (χ3v) is 2.10. The van der Waals surface area contributed by atoms with Crippen LogP contribution in [0.25, 0.3) is 0 Å². The maximum atomic E-state index is 5.43. The quantitative estimate of drug-likeness (QED) is 0.512. The monoisotopic (exact) mass is 189 g/mol. The van der Waals surface area contributed by atoms with Crippen LogP contribution in [0, 0.1) is 11.8 Å². The van der Waals surface area contributed by atoms with Crippen LogP contribution in [0.5, 0.6) is 0 Å². The predicted molar refractivity (Wildman–Crippen MR) is 56.2 cm³/mol. The first kappa shape index (κ1) is 11.8. The lowest BCUT2D eigenvalue weighted by molar-refractivity contribution is 0.112. The molecule has 1 atom stereocenters. The van der Waals surface area contributed by atoms with E-state index in [-0.39, 0.29) is 5.92 Å². The number of hydrogen-bond donors (Lipinski definition) is 1. The lowest BCUT2D eigenvalue weighted by atomic mass is 10.1.